The number of ether oxygens (including phenoxy) is 1. The molecule has 96 valence electrons. The molecule has 0 saturated carbocycles. The van der Waals surface area contributed by atoms with Gasteiger partial charge in [-0.15, -0.1) is 0 Å². The molecule has 0 aromatic carbocycles. The smallest absolute Gasteiger partial charge is 0.334 e. The minimum atomic E-state index is -1.08. The van der Waals surface area contributed by atoms with Crippen LogP contribution in [0.4, 0.5) is 0 Å². The molecule has 1 aliphatic heterocycles. The van der Waals surface area contributed by atoms with Gasteiger partial charge in [-0.1, -0.05) is 11.6 Å². The van der Waals surface area contributed by atoms with Crippen LogP contribution in [0.25, 0.3) is 0 Å². The van der Waals surface area contributed by atoms with Gasteiger partial charge >= 0.3 is 5.97 Å². The van der Waals surface area contributed by atoms with Crippen LogP contribution in [0.2, 0.25) is 5.02 Å². The summed E-state index contributed by atoms with van der Waals surface area (Å²) in [4.78, 5) is 28.2. The summed E-state index contributed by atoms with van der Waals surface area (Å²) in [5.74, 6) is -1.41. The standard InChI is InChI=1S/C11H11ClN2O4/c12-8-1-2-13-5-7(8)10(15)14-3-4-18-9(6-14)11(16)17/h1-2,5,9H,3-4,6H2,(H,16,17). The summed E-state index contributed by atoms with van der Waals surface area (Å²) in [6, 6.07) is 1.52. The van der Waals surface area contributed by atoms with Gasteiger partial charge in [0, 0.05) is 18.9 Å². The van der Waals surface area contributed by atoms with E-state index < -0.39 is 12.1 Å². The van der Waals surface area contributed by atoms with Crippen LogP contribution in [0.5, 0.6) is 0 Å². The molecule has 1 atom stereocenters. The average molecular weight is 271 g/mol. The van der Waals surface area contributed by atoms with Gasteiger partial charge in [0.15, 0.2) is 6.10 Å². The van der Waals surface area contributed by atoms with Gasteiger partial charge < -0.3 is 14.7 Å². The van der Waals surface area contributed by atoms with Gasteiger partial charge in [-0.3, -0.25) is 9.78 Å². The Morgan fingerprint density at radius 3 is 3.00 bits per heavy atom. The summed E-state index contributed by atoms with van der Waals surface area (Å²) in [5.41, 5.74) is 0.269. The van der Waals surface area contributed by atoms with Gasteiger partial charge in [-0.2, -0.15) is 0 Å². The maximum Gasteiger partial charge on any atom is 0.334 e. The topological polar surface area (TPSA) is 79.7 Å². The van der Waals surface area contributed by atoms with Crippen LogP contribution >= 0.6 is 11.6 Å². The van der Waals surface area contributed by atoms with Gasteiger partial charge in [-0.05, 0) is 6.07 Å². The Morgan fingerprint density at radius 2 is 2.33 bits per heavy atom. The fourth-order valence-electron chi connectivity index (χ4n) is 1.69. The van der Waals surface area contributed by atoms with Crippen molar-refractivity contribution in [2.45, 2.75) is 6.10 Å². The number of morpholine rings is 1. The highest BCUT2D eigenvalue weighted by Gasteiger charge is 2.30. The highest BCUT2D eigenvalue weighted by atomic mass is 35.5. The van der Waals surface area contributed by atoms with Crippen molar-refractivity contribution in [1.82, 2.24) is 9.88 Å². The Hall–Kier alpha value is -1.66. The number of pyridine rings is 1. The number of amides is 1. The Balaban J connectivity index is 2.14. The lowest BCUT2D eigenvalue weighted by Crippen LogP contribution is -2.48. The van der Waals surface area contributed by atoms with Gasteiger partial charge in [0.25, 0.3) is 5.91 Å². The van der Waals surface area contributed by atoms with Crippen LogP contribution in [-0.2, 0) is 9.53 Å². The molecule has 1 amide bonds. The van der Waals surface area contributed by atoms with E-state index >= 15 is 0 Å². The average Bonchev–Trinajstić information content (AvgIpc) is 2.38. The van der Waals surface area contributed by atoms with Crippen molar-refractivity contribution in [3.8, 4) is 0 Å². The molecule has 1 aliphatic rings. The van der Waals surface area contributed by atoms with E-state index in [0.717, 1.165) is 0 Å². The van der Waals surface area contributed by atoms with E-state index in [9.17, 15) is 9.59 Å². The van der Waals surface area contributed by atoms with Crippen LogP contribution in [0.15, 0.2) is 18.5 Å². The van der Waals surface area contributed by atoms with Gasteiger partial charge in [0.05, 0.1) is 23.7 Å². The number of carboxylic acids is 1. The second-order valence-electron chi connectivity index (χ2n) is 3.80. The second-order valence-corrected chi connectivity index (χ2v) is 4.21. The molecule has 2 heterocycles. The largest absolute Gasteiger partial charge is 0.479 e. The van der Waals surface area contributed by atoms with Crippen molar-refractivity contribution >= 4 is 23.5 Å². The predicted octanol–water partition coefficient (Wildman–Crippen LogP) is 0.661. The lowest BCUT2D eigenvalue weighted by molar-refractivity contribution is -0.154. The van der Waals surface area contributed by atoms with E-state index in [1.807, 2.05) is 0 Å². The number of carbonyl (C=O) groups is 2. The molecular weight excluding hydrogens is 260 g/mol. The van der Waals surface area contributed by atoms with E-state index in [1.165, 1.54) is 23.4 Å². The molecule has 1 aromatic heterocycles. The first-order chi connectivity index (χ1) is 8.59. The van der Waals surface area contributed by atoms with Crippen molar-refractivity contribution in [3.63, 3.8) is 0 Å². The number of aliphatic carboxylic acids is 1. The van der Waals surface area contributed by atoms with Crippen molar-refractivity contribution in [2.24, 2.45) is 0 Å². The molecule has 18 heavy (non-hydrogen) atoms. The molecule has 7 heteroatoms. The summed E-state index contributed by atoms with van der Waals surface area (Å²) >= 11 is 5.90. The van der Waals surface area contributed by atoms with Gasteiger partial charge in [-0.25, -0.2) is 4.79 Å². The number of carboxylic acid groups (broad SMARTS) is 1. The number of hydrogen-bond acceptors (Lipinski definition) is 4. The molecule has 1 saturated heterocycles. The number of halogens is 1. The first-order valence-corrected chi connectivity index (χ1v) is 5.70. The van der Waals surface area contributed by atoms with E-state index in [1.54, 1.807) is 0 Å². The number of hydrogen-bond donors (Lipinski definition) is 1. The van der Waals surface area contributed by atoms with Crippen LogP contribution in [0.3, 0.4) is 0 Å². The third-order valence-electron chi connectivity index (χ3n) is 2.63. The molecule has 1 unspecified atom stereocenters. The number of aromatic nitrogens is 1. The molecule has 0 bridgehead atoms. The summed E-state index contributed by atoms with van der Waals surface area (Å²) in [7, 11) is 0. The Kier molecular flexibility index (Phi) is 3.78. The fraction of sp³-hybridized carbons (Fsp3) is 0.364. The van der Waals surface area contributed by atoms with Crippen molar-refractivity contribution in [2.75, 3.05) is 19.7 Å². The highest BCUT2D eigenvalue weighted by Crippen LogP contribution is 2.17. The van der Waals surface area contributed by atoms with E-state index in [4.69, 9.17) is 21.4 Å². The lowest BCUT2D eigenvalue weighted by atomic mass is 10.2. The summed E-state index contributed by atoms with van der Waals surface area (Å²) in [6.45, 7) is 0.549. The minimum Gasteiger partial charge on any atom is -0.479 e. The molecule has 1 fully saturated rings. The lowest BCUT2D eigenvalue weighted by Gasteiger charge is -2.30. The third-order valence-corrected chi connectivity index (χ3v) is 2.96. The first kappa shape index (κ1) is 12.8. The van der Waals surface area contributed by atoms with Crippen molar-refractivity contribution in [1.29, 1.82) is 0 Å². The molecule has 2 rings (SSSR count). The molecule has 0 spiro atoms. The molecule has 1 N–H and O–H groups in total. The predicted molar refractivity (Wildman–Crippen MR) is 62.5 cm³/mol. The maximum atomic E-state index is 12.1. The van der Waals surface area contributed by atoms with E-state index in [-0.39, 0.29) is 24.6 Å². The zero-order valence-electron chi connectivity index (χ0n) is 9.38. The SMILES string of the molecule is O=C(O)C1CN(C(=O)c2cnccc2Cl)CCO1. The quantitative estimate of drug-likeness (QED) is 0.854. The number of nitrogens with zero attached hydrogens (tertiary/aromatic N) is 2. The Labute approximate surface area is 108 Å². The third kappa shape index (κ3) is 2.60. The van der Waals surface area contributed by atoms with E-state index in [2.05, 4.69) is 4.98 Å². The van der Waals surface area contributed by atoms with Crippen LogP contribution < -0.4 is 0 Å². The molecule has 6 nitrogen and oxygen atoms in total. The minimum absolute atomic E-state index is 0.0133. The van der Waals surface area contributed by atoms with Gasteiger partial charge in [0.2, 0.25) is 0 Å². The van der Waals surface area contributed by atoms with Gasteiger partial charge in [0.1, 0.15) is 0 Å². The normalized spacial score (nSPS) is 19.6. The van der Waals surface area contributed by atoms with Crippen LogP contribution in [-0.4, -0.2) is 52.7 Å². The highest BCUT2D eigenvalue weighted by molar-refractivity contribution is 6.33. The van der Waals surface area contributed by atoms with E-state index in [0.29, 0.717) is 11.6 Å². The molecular formula is C11H11ClN2O4. The molecule has 0 radical (unpaired) electrons. The van der Waals surface area contributed by atoms with Crippen molar-refractivity contribution in [3.05, 3.63) is 29.0 Å². The number of rotatable bonds is 2. The first-order valence-electron chi connectivity index (χ1n) is 5.33. The van der Waals surface area contributed by atoms with Crippen molar-refractivity contribution < 1.29 is 19.4 Å². The van der Waals surface area contributed by atoms with Crippen LogP contribution in [0, 0.1) is 0 Å². The second kappa shape index (κ2) is 5.32. The van der Waals surface area contributed by atoms with Crippen LogP contribution in [0.1, 0.15) is 10.4 Å². The monoisotopic (exact) mass is 270 g/mol. The maximum absolute atomic E-state index is 12.1. The summed E-state index contributed by atoms with van der Waals surface area (Å²) in [5, 5.41) is 9.16. The molecule has 1 aromatic rings. The zero-order chi connectivity index (χ0) is 13.1. The zero-order valence-corrected chi connectivity index (χ0v) is 10.1. The Bertz CT molecular complexity index is 480. The Morgan fingerprint density at radius 1 is 1.56 bits per heavy atom. The fourth-order valence-corrected chi connectivity index (χ4v) is 1.87. The summed E-state index contributed by atoms with van der Waals surface area (Å²) in [6.07, 6.45) is 1.87. The molecule has 0 aliphatic carbocycles. The summed E-state index contributed by atoms with van der Waals surface area (Å²) < 4.78 is 5.04. The number of carbonyl (C=O) groups excluding carboxylic acids is 1.